The van der Waals surface area contributed by atoms with Gasteiger partial charge in [-0.05, 0) is 36.6 Å². The Morgan fingerprint density at radius 3 is 2.02 bits per heavy atom. The van der Waals surface area contributed by atoms with E-state index in [0.29, 0.717) is 60.3 Å². The Kier molecular flexibility index (Phi) is 10.3. The molecule has 2 aliphatic rings. The van der Waals surface area contributed by atoms with Crippen molar-refractivity contribution >= 4 is 46.5 Å². The Hall–Kier alpha value is -4.81. The lowest BCUT2D eigenvalue weighted by Crippen LogP contribution is -2.36. The lowest BCUT2D eigenvalue weighted by molar-refractivity contribution is -0.120. The van der Waals surface area contributed by atoms with E-state index in [4.69, 9.17) is 28.2 Å². The summed E-state index contributed by atoms with van der Waals surface area (Å²) in [6.45, 7) is 2.25. The van der Waals surface area contributed by atoms with E-state index in [2.05, 4.69) is 31.6 Å². The van der Waals surface area contributed by atoms with Gasteiger partial charge in [0, 0.05) is 104 Å². The van der Waals surface area contributed by atoms with E-state index in [0.717, 1.165) is 57.7 Å². The second-order valence-electron chi connectivity index (χ2n) is 12.9. The van der Waals surface area contributed by atoms with Crippen molar-refractivity contribution < 1.29 is 9.59 Å². The van der Waals surface area contributed by atoms with Crippen LogP contribution in [0.25, 0.3) is 39.2 Å². The molecule has 262 valence electrons. The first-order chi connectivity index (χ1) is 24.8. The van der Waals surface area contributed by atoms with Crippen LogP contribution in [0.2, 0.25) is 10.0 Å². The summed E-state index contributed by atoms with van der Waals surface area (Å²) in [5.74, 6) is 0.906. The van der Waals surface area contributed by atoms with Crippen molar-refractivity contribution in [1.29, 1.82) is 0 Å². The number of carbonyl (C=O) groups excluding carboxylic acids is 2. The molecule has 2 atom stereocenters. The minimum Gasteiger partial charge on any atom is -0.373 e. The van der Waals surface area contributed by atoms with Gasteiger partial charge in [0.2, 0.25) is 11.8 Å². The number of pyridine rings is 2. The number of anilines is 1. The Morgan fingerprint density at radius 1 is 0.784 bits per heavy atom. The highest BCUT2D eigenvalue weighted by molar-refractivity contribution is 6.39. The van der Waals surface area contributed by atoms with Crippen molar-refractivity contribution in [3.63, 3.8) is 0 Å². The molecule has 2 aromatic carbocycles. The standard InChI is InChI=1S/C38H38Cl2N8O3/c1-41-37-23(17-42-20-25-9-12-33(49)45-25)8-11-31(47-37)30-7-3-6-29(36(30)40)28-5-2-4-27(35(28)39)22-14-15-48-32(16-22)44-19-24(38(48)51)18-43-21-26-10-13-34(50)46-26/h2-8,11,14-16,19,25-26,42-43H,9-10,12-13,17-18,20-21H2,1H3,(H,41,47)(H,45,49)(H,46,50)/t25-,26-/m1/s1. The molecule has 51 heavy (non-hydrogen) atoms. The van der Waals surface area contributed by atoms with Crippen LogP contribution in [0.15, 0.2) is 77.9 Å². The number of carbonyl (C=O) groups is 2. The van der Waals surface area contributed by atoms with Crippen LogP contribution in [0.5, 0.6) is 0 Å². The van der Waals surface area contributed by atoms with Crippen molar-refractivity contribution in [2.45, 2.75) is 50.9 Å². The molecule has 5 N–H and O–H groups in total. The SMILES string of the molecule is CNc1nc(-c2cccc(-c3cccc(-c4ccn5c(=O)c(CNC[C@H]6CCC(=O)N6)cnc5c4)c3Cl)c2Cl)ccc1CNC[C@H]1CCC(=O)N1. The summed E-state index contributed by atoms with van der Waals surface area (Å²) in [5.41, 5.74) is 6.50. The van der Waals surface area contributed by atoms with E-state index < -0.39 is 0 Å². The molecule has 5 heterocycles. The third-order valence-corrected chi connectivity index (χ3v) is 10.3. The van der Waals surface area contributed by atoms with Crippen LogP contribution in [0.3, 0.4) is 0 Å². The second-order valence-corrected chi connectivity index (χ2v) is 13.6. The molecule has 0 aliphatic carbocycles. The number of halogens is 2. The fourth-order valence-electron chi connectivity index (χ4n) is 6.72. The predicted molar refractivity (Wildman–Crippen MR) is 201 cm³/mol. The number of rotatable bonds is 12. The van der Waals surface area contributed by atoms with E-state index in [9.17, 15) is 14.4 Å². The molecule has 3 aromatic heterocycles. The third kappa shape index (κ3) is 7.48. The van der Waals surface area contributed by atoms with Crippen molar-refractivity contribution in [2.75, 3.05) is 25.5 Å². The monoisotopic (exact) mass is 724 g/mol. The van der Waals surface area contributed by atoms with Crippen molar-refractivity contribution in [3.8, 4) is 33.5 Å². The smallest absolute Gasteiger partial charge is 0.262 e. The molecule has 0 saturated carbocycles. The maximum Gasteiger partial charge on any atom is 0.262 e. The zero-order valence-corrected chi connectivity index (χ0v) is 29.6. The van der Waals surface area contributed by atoms with Gasteiger partial charge in [-0.15, -0.1) is 0 Å². The number of hydrogen-bond donors (Lipinski definition) is 5. The first-order valence-electron chi connectivity index (χ1n) is 17.1. The van der Waals surface area contributed by atoms with Gasteiger partial charge < -0.3 is 26.6 Å². The minimum atomic E-state index is -0.156. The van der Waals surface area contributed by atoms with Crippen LogP contribution in [-0.4, -0.2) is 58.4 Å². The maximum atomic E-state index is 13.3. The molecular weight excluding hydrogens is 687 g/mol. The zero-order valence-electron chi connectivity index (χ0n) is 28.1. The summed E-state index contributed by atoms with van der Waals surface area (Å²) in [6, 6.07) is 19.5. The molecule has 2 amide bonds. The second kappa shape index (κ2) is 15.2. The summed E-state index contributed by atoms with van der Waals surface area (Å²) < 4.78 is 1.53. The fraction of sp³-hybridized carbons (Fsp3) is 0.289. The highest BCUT2D eigenvalue weighted by Crippen LogP contribution is 2.42. The van der Waals surface area contributed by atoms with E-state index >= 15 is 0 Å². The van der Waals surface area contributed by atoms with E-state index in [1.165, 1.54) is 4.40 Å². The molecular formula is C38H38Cl2N8O3. The lowest BCUT2D eigenvalue weighted by Gasteiger charge is -2.16. The summed E-state index contributed by atoms with van der Waals surface area (Å²) in [6.07, 6.45) is 6.06. The maximum absolute atomic E-state index is 13.3. The van der Waals surface area contributed by atoms with Gasteiger partial charge >= 0.3 is 0 Å². The molecule has 2 fully saturated rings. The topological polar surface area (TPSA) is 142 Å². The van der Waals surface area contributed by atoms with Crippen LogP contribution in [0, 0.1) is 0 Å². The summed E-state index contributed by atoms with van der Waals surface area (Å²) in [4.78, 5) is 45.7. The van der Waals surface area contributed by atoms with Gasteiger partial charge in [-0.1, -0.05) is 65.7 Å². The lowest BCUT2D eigenvalue weighted by atomic mass is 9.97. The first kappa shape index (κ1) is 34.6. The van der Waals surface area contributed by atoms with Crippen LogP contribution >= 0.6 is 23.2 Å². The summed E-state index contributed by atoms with van der Waals surface area (Å²) in [7, 11) is 1.84. The Balaban J connectivity index is 1.10. The minimum absolute atomic E-state index is 0.0628. The molecule has 0 radical (unpaired) electrons. The molecule has 0 bridgehead atoms. The van der Waals surface area contributed by atoms with Gasteiger partial charge in [0.1, 0.15) is 11.5 Å². The molecule has 7 rings (SSSR count). The number of amides is 2. The highest BCUT2D eigenvalue weighted by Gasteiger charge is 2.22. The fourth-order valence-corrected chi connectivity index (χ4v) is 7.38. The van der Waals surface area contributed by atoms with Gasteiger partial charge in [0.05, 0.1) is 15.7 Å². The molecule has 5 aromatic rings. The van der Waals surface area contributed by atoms with Crippen LogP contribution in [-0.2, 0) is 22.7 Å². The summed E-state index contributed by atoms with van der Waals surface area (Å²) in [5, 5.41) is 16.8. The van der Waals surface area contributed by atoms with Crippen LogP contribution in [0.1, 0.15) is 36.8 Å². The van der Waals surface area contributed by atoms with Crippen LogP contribution < -0.4 is 32.1 Å². The van der Waals surface area contributed by atoms with Gasteiger partial charge in [0.25, 0.3) is 5.56 Å². The molecule has 0 unspecified atom stereocenters. The molecule has 2 aliphatic heterocycles. The van der Waals surface area contributed by atoms with Crippen molar-refractivity contribution in [2.24, 2.45) is 0 Å². The molecule has 11 nitrogen and oxygen atoms in total. The number of hydrogen-bond acceptors (Lipinski definition) is 8. The number of fused-ring (bicyclic) bond motifs is 1. The van der Waals surface area contributed by atoms with Gasteiger partial charge in [0.15, 0.2) is 0 Å². The molecule has 2 saturated heterocycles. The number of benzene rings is 2. The first-order valence-corrected chi connectivity index (χ1v) is 17.8. The number of aromatic nitrogens is 3. The van der Waals surface area contributed by atoms with E-state index in [1.807, 2.05) is 67.7 Å². The molecule has 13 heteroatoms. The number of nitrogens with zero attached hydrogens (tertiary/aromatic N) is 3. The quantitative estimate of drug-likeness (QED) is 0.119. The highest BCUT2D eigenvalue weighted by atomic mass is 35.5. The third-order valence-electron chi connectivity index (χ3n) is 9.45. The molecule has 0 spiro atoms. The summed E-state index contributed by atoms with van der Waals surface area (Å²) >= 11 is 14.2. The van der Waals surface area contributed by atoms with Gasteiger partial charge in [-0.2, -0.15) is 0 Å². The van der Waals surface area contributed by atoms with E-state index in [-0.39, 0.29) is 29.5 Å². The predicted octanol–water partition coefficient (Wildman–Crippen LogP) is 5.18. The van der Waals surface area contributed by atoms with Gasteiger partial charge in [-0.25, -0.2) is 9.97 Å². The van der Waals surface area contributed by atoms with E-state index in [1.54, 1.807) is 12.4 Å². The largest absolute Gasteiger partial charge is 0.373 e. The number of nitrogens with one attached hydrogen (secondary N) is 5. The Morgan fingerprint density at radius 2 is 1.39 bits per heavy atom. The van der Waals surface area contributed by atoms with Gasteiger partial charge in [-0.3, -0.25) is 18.8 Å². The Bertz CT molecular complexity index is 2190. The normalized spacial score (nSPS) is 17.2. The van der Waals surface area contributed by atoms with Crippen molar-refractivity contribution in [3.05, 3.63) is 105 Å². The van der Waals surface area contributed by atoms with Crippen molar-refractivity contribution in [1.82, 2.24) is 35.6 Å². The zero-order chi connectivity index (χ0) is 35.5. The van der Waals surface area contributed by atoms with Crippen LogP contribution in [0.4, 0.5) is 5.82 Å². The Labute approximate surface area is 305 Å². The average Bonchev–Trinajstić information content (AvgIpc) is 3.76. The average molecular weight is 726 g/mol.